The Bertz CT molecular complexity index is 1210. The minimum atomic E-state index is -0.311. The Morgan fingerprint density at radius 1 is 0.926 bits per heavy atom. The molecule has 1 heterocycles. The number of halogens is 2. The monoisotopic (exact) mass is 420 g/mol. The standard InChI is InChI=1S/C22H14BrFN2O/c23-16-9-11-18(12-10-16)26-21(13-8-15-4-3-5-17(24)14-15)25-20-7-2-1-6-19(20)22(26)27/h1-14H/b13-8+. The highest BCUT2D eigenvalue weighted by atomic mass is 79.9. The lowest BCUT2D eigenvalue weighted by Gasteiger charge is -2.11. The third kappa shape index (κ3) is 3.59. The summed E-state index contributed by atoms with van der Waals surface area (Å²) in [6.07, 6.45) is 3.47. The summed E-state index contributed by atoms with van der Waals surface area (Å²) in [6, 6.07) is 20.9. The zero-order valence-electron chi connectivity index (χ0n) is 14.1. The van der Waals surface area contributed by atoms with E-state index in [4.69, 9.17) is 0 Å². The third-order valence-corrected chi connectivity index (χ3v) is 4.69. The van der Waals surface area contributed by atoms with Gasteiger partial charge in [-0.25, -0.2) is 9.37 Å². The Labute approximate surface area is 163 Å². The predicted octanol–water partition coefficient (Wildman–Crippen LogP) is 5.46. The van der Waals surface area contributed by atoms with Gasteiger partial charge in [0.2, 0.25) is 0 Å². The molecule has 0 unspecified atom stereocenters. The Hall–Kier alpha value is -3.05. The van der Waals surface area contributed by atoms with Crippen LogP contribution in [0.15, 0.2) is 82.1 Å². The lowest BCUT2D eigenvalue weighted by molar-refractivity contribution is 0.627. The van der Waals surface area contributed by atoms with Crippen LogP contribution in [-0.2, 0) is 0 Å². The zero-order valence-corrected chi connectivity index (χ0v) is 15.7. The first-order valence-electron chi connectivity index (χ1n) is 8.33. The van der Waals surface area contributed by atoms with Crippen molar-refractivity contribution in [2.24, 2.45) is 0 Å². The molecule has 0 aliphatic rings. The van der Waals surface area contributed by atoms with Crippen molar-refractivity contribution in [1.82, 2.24) is 9.55 Å². The summed E-state index contributed by atoms with van der Waals surface area (Å²) in [7, 11) is 0. The van der Waals surface area contributed by atoms with Crippen LogP contribution in [0.3, 0.4) is 0 Å². The fraction of sp³-hybridized carbons (Fsp3) is 0. The number of hydrogen-bond donors (Lipinski definition) is 0. The highest BCUT2D eigenvalue weighted by Crippen LogP contribution is 2.18. The highest BCUT2D eigenvalue weighted by molar-refractivity contribution is 9.10. The van der Waals surface area contributed by atoms with Crippen LogP contribution in [0.1, 0.15) is 11.4 Å². The molecule has 3 aromatic carbocycles. The summed E-state index contributed by atoms with van der Waals surface area (Å²) in [5.41, 5.74) is 1.87. The van der Waals surface area contributed by atoms with Crippen LogP contribution < -0.4 is 5.56 Å². The third-order valence-electron chi connectivity index (χ3n) is 4.16. The molecule has 4 rings (SSSR count). The van der Waals surface area contributed by atoms with Crippen molar-refractivity contribution in [2.75, 3.05) is 0 Å². The van der Waals surface area contributed by atoms with Crippen molar-refractivity contribution in [3.8, 4) is 5.69 Å². The second-order valence-electron chi connectivity index (χ2n) is 5.99. The van der Waals surface area contributed by atoms with Gasteiger partial charge in [-0.1, -0.05) is 46.3 Å². The molecule has 1 aromatic heterocycles. The highest BCUT2D eigenvalue weighted by Gasteiger charge is 2.10. The number of benzene rings is 3. The molecule has 5 heteroatoms. The molecule has 0 spiro atoms. The molecule has 0 radical (unpaired) electrons. The Kier molecular flexibility index (Phi) is 4.69. The Balaban J connectivity index is 1.93. The predicted molar refractivity (Wildman–Crippen MR) is 110 cm³/mol. The molecule has 132 valence electrons. The molecule has 27 heavy (non-hydrogen) atoms. The number of fused-ring (bicyclic) bond motifs is 1. The summed E-state index contributed by atoms with van der Waals surface area (Å²) >= 11 is 3.41. The molecule has 0 bridgehead atoms. The van der Waals surface area contributed by atoms with Crippen LogP contribution in [0.4, 0.5) is 4.39 Å². The van der Waals surface area contributed by atoms with E-state index < -0.39 is 0 Å². The van der Waals surface area contributed by atoms with Crippen LogP contribution in [-0.4, -0.2) is 9.55 Å². The minimum Gasteiger partial charge on any atom is -0.268 e. The molecule has 0 saturated heterocycles. The van der Waals surface area contributed by atoms with E-state index in [0.717, 1.165) is 4.47 Å². The van der Waals surface area contributed by atoms with E-state index in [-0.39, 0.29) is 11.4 Å². The van der Waals surface area contributed by atoms with Gasteiger partial charge in [0.05, 0.1) is 16.6 Å². The van der Waals surface area contributed by atoms with E-state index in [1.807, 2.05) is 42.5 Å². The molecular formula is C22H14BrFN2O. The molecular weight excluding hydrogens is 407 g/mol. The first-order chi connectivity index (χ1) is 13.1. The van der Waals surface area contributed by atoms with Gasteiger partial charge in [-0.3, -0.25) is 9.36 Å². The summed E-state index contributed by atoms with van der Waals surface area (Å²) in [6.45, 7) is 0. The number of rotatable bonds is 3. The van der Waals surface area contributed by atoms with Crippen molar-refractivity contribution >= 4 is 39.0 Å². The van der Waals surface area contributed by atoms with Gasteiger partial charge < -0.3 is 0 Å². The quantitative estimate of drug-likeness (QED) is 0.441. The summed E-state index contributed by atoms with van der Waals surface area (Å²) < 4.78 is 15.9. The van der Waals surface area contributed by atoms with E-state index in [0.29, 0.717) is 28.0 Å². The van der Waals surface area contributed by atoms with Gasteiger partial charge in [-0.2, -0.15) is 0 Å². The smallest absolute Gasteiger partial charge is 0.266 e. The Morgan fingerprint density at radius 3 is 2.48 bits per heavy atom. The van der Waals surface area contributed by atoms with Crippen LogP contribution in [0.5, 0.6) is 0 Å². The maximum absolute atomic E-state index is 13.4. The SMILES string of the molecule is O=c1c2ccccc2nc(/C=C/c2cccc(F)c2)n1-c1ccc(Br)cc1. The van der Waals surface area contributed by atoms with Gasteiger partial charge in [-0.05, 0) is 60.2 Å². The lowest BCUT2D eigenvalue weighted by Crippen LogP contribution is -2.22. The van der Waals surface area contributed by atoms with Gasteiger partial charge in [0, 0.05) is 4.47 Å². The largest absolute Gasteiger partial charge is 0.268 e. The minimum absolute atomic E-state index is 0.151. The maximum atomic E-state index is 13.4. The fourth-order valence-electron chi connectivity index (χ4n) is 2.88. The number of aromatic nitrogens is 2. The van der Waals surface area contributed by atoms with Crippen molar-refractivity contribution in [3.63, 3.8) is 0 Å². The van der Waals surface area contributed by atoms with Crippen molar-refractivity contribution in [3.05, 3.63) is 105 Å². The summed E-state index contributed by atoms with van der Waals surface area (Å²) in [5, 5.41) is 0.545. The molecule has 0 atom stereocenters. The first-order valence-corrected chi connectivity index (χ1v) is 9.12. The van der Waals surface area contributed by atoms with E-state index in [2.05, 4.69) is 20.9 Å². The molecule has 3 nitrogen and oxygen atoms in total. The van der Waals surface area contributed by atoms with Crippen molar-refractivity contribution < 1.29 is 4.39 Å². The fourth-order valence-corrected chi connectivity index (χ4v) is 3.15. The molecule has 0 fully saturated rings. The average molecular weight is 421 g/mol. The average Bonchev–Trinajstić information content (AvgIpc) is 2.68. The van der Waals surface area contributed by atoms with Gasteiger partial charge in [0.25, 0.3) is 5.56 Å². The molecule has 4 aromatic rings. The van der Waals surface area contributed by atoms with Gasteiger partial charge in [0.15, 0.2) is 0 Å². The van der Waals surface area contributed by atoms with E-state index >= 15 is 0 Å². The van der Waals surface area contributed by atoms with Gasteiger partial charge in [-0.15, -0.1) is 0 Å². The topological polar surface area (TPSA) is 34.9 Å². The lowest BCUT2D eigenvalue weighted by atomic mass is 10.2. The maximum Gasteiger partial charge on any atom is 0.266 e. The van der Waals surface area contributed by atoms with E-state index in [1.165, 1.54) is 12.1 Å². The molecule has 0 aliphatic carbocycles. The molecule has 0 amide bonds. The van der Waals surface area contributed by atoms with Crippen molar-refractivity contribution in [2.45, 2.75) is 0 Å². The van der Waals surface area contributed by atoms with Gasteiger partial charge >= 0.3 is 0 Å². The normalized spacial score (nSPS) is 11.3. The van der Waals surface area contributed by atoms with E-state index in [1.54, 1.807) is 34.9 Å². The molecule has 0 N–H and O–H groups in total. The second-order valence-corrected chi connectivity index (χ2v) is 6.91. The second kappa shape index (κ2) is 7.29. The Morgan fingerprint density at radius 2 is 1.70 bits per heavy atom. The molecule has 0 saturated carbocycles. The summed E-state index contributed by atoms with van der Waals surface area (Å²) in [4.78, 5) is 17.8. The number of para-hydroxylation sites is 1. The van der Waals surface area contributed by atoms with Crippen LogP contribution in [0.25, 0.3) is 28.7 Å². The van der Waals surface area contributed by atoms with E-state index in [9.17, 15) is 9.18 Å². The number of nitrogens with zero attached hydrogens (tertiary/aromatic N) is 2. The first kappa shape index (κ1) is 17.4. The summed E-state index contributed by atoms with van der Waals surface area (Å²) in [5.74, 6) is 0.166. The van der Waals surface area contributed by atoms with Crippen LogP contribution in [0.2, 0.25) is 0 Å². The molecule has 0 aliphatic heterocycles. The van der Waals surface area contributed by atoms with Crippen molar-refractivity contribution in [1.29, 1.82) is 0 Å². The number of hydrogen-bond acceptors (Lipinski definition) is 2. The van der Waals surface area contributed by atoms with Crippen LogP contribution >= 0.6 is 15.9 Å². The zero-order chi connectivity index (χ0) is 18.8. The van der Waals surface area contributed by atoms with Gasteiger partial charge in [0.1, 0.15) is 11.6 Å². The van der Waals surface area contributed by atoms with Crippen LogP contribution in [0, 0.1) is 5.82 Å².